The molecule has 0 spiro atoms. The summed E-state index contributed by atoms with van der Waals surface area (Å²) in [7, 11) is 0.726. The van der Waals surface area contributed by atoms with Crippen LogP contribution in [0.2, 0.25) is 0 Å². The molecular formula is C4H12N2O6S2. The molecule has 0 saturated heterocycles. The number of carboxylic acids is 2. The Morgan fingerprint density at radius 2 is 1.07 bits per heavy atom. The largest absolute Gasteiger partial charge is 0.479 e. The van der Waals surface area contributed by atoms with Crippen LogP contribution in [-0.4, -0.2) is 43.2 Å². The molecule has 0 aromatic carbocycles. The van der Waals surface area contributed by atoms with E-state index in [-0.39, 0.29) is 12.3 Å². The van der Waals surface area contributed by atoms with Crippen LogP contribution in [0.1, 0.15) is 0 Å². The van der Waals surface area contributed by atoms with Crippen molar-refractivity contribution in [2.75, 3.05) is 0 Å². The number of carboxylic acid groups (broad SMARTS) is 2. The van der Waals surface area contributed by atoms with Gasteiger partial charge in [-0.25, -0.2) is 9.59 Å². The first-order valence-corrected chi connectivity index (χ1v) is 4.86. The molecule has 0 aliphatic carbocycles. The Balaban J connectivity index is -0.000000605. The van der Waals surface area contributed by atoms with Gasteiger partial charge in [0.2, 0.25) is 10.9 Å². The van der Waals surface area contributed by atoms with Crippen molar-refractivity contribution in [1.29, 1.82) is 0 Å². The Labute approximate surface area is 87.3 Å². The lowest BCUT2D eigenvalue weighted by Gasteiger charge is -2.05. The first-order chi connectivity index (χ1) is 5.45. The van der Waals surface area contributed by atoms with E-state index in [1.54, 1.807) is 0 Å². The number of rotatable bonds is 5. The zero-order chi connectivity index (χ0) is 9.72. The van der Waals surface area contributed by atoms with Gasteiger partial charge in [0.1, 0.15) is 0 Å². The van der Waals surface area contributed by atoms with E-state index in [2.05, 4.69) is 0 Å². The monoisotopic (exact) mass is 248 g/mol. The van der Waals surface area contributed by atoms with Gasteiger partial charge in [-0.2, -0.15) is 0 Å². The Hall–Kier alpha value is -0.520. The minimum atomic E-state index is -1.73. The van der Waals surface area contributed by atoms with E-state index in [4.69, 9.17) is 20.4 Å². The van der Waals surface area contributed by atoms with Crippen LogP contribution in [0.3, 0.4) is 0 Å². The van der Waals surface area contributed by atoms with Crippen LogP contribution in [0.15, 0.2) is 0 Å². The molecular weight excluding hydrogens is 236 g/mol. The van der Waals surface area contributed by atoms with Gasteiger partial charge in [-0.1, -0.05) is 0 Å². The third kappa shape index (κ3) is 8.10. The van der Waals surface area contributed by atoms with Crippen LogP contribution in [0.25, 0.3) is 0 Å². The maximum Gasteiger partial charge on any atom is 0.344 e. The first kappa shape index (κ1) is 19.1. The van der Waals surface area contributed by atoms with Crippen LogP contribution in [0.4, 0.5) is 0 Å². The summed E-state index contributed by atoms with van der Waals surface area (Å²) in [4.78, 5) is 19.9. The van der Waals surface area contributed by atoms with E-state index in [1.807, 2.05) is 0 Å². The summed E-state index contributed by atoms with van der Waals surface area (Å²) in [5.41, 5.74) is -3.46. The number of aliphatic hydroxyl groups excluding tert-OH is 2. The minimum Gasteiger partial charge on any atom is -0.479 e. The highest BCUT2D eigenvalue weighted by molar-refractivity contribution is 8.77. The topological polar surface area (TPSA) is 185 Å². The van der Waals surface area contributed by atoms with Gasteiger partial charge < -0.3 is 32.7 Å². The molecule has 2 unspecified atom stereocenters. The lowest BCUT2D eigenvalue weighted by atomic mass is 10.7. The molecule has 8 nitrogen and oxygen atoms in total. The lowest BCUT2D eigenvalue weighted by Crippen LogP contribution is -2.17. The smallest absolute Gasteiger partial charge is 0.344 e. The number of aliphatic carboxylic acids is 2. The Morgan fingerprint density at radius 3 is 1.21 bits per heavy atom. The second-order valence-electron chi connectivity index (χ2n) is 1.57. The molecule has 10 heteroatoms. The van der Waals surface area contributed by atoms with Crippen molar-refractivity contribution < 1.29 is 30.0 Å². The second kappa shape index (κ2) is 9.05. The van der Waals surface area contributed by atoms with Gasteiger partial charge >= 0.3 is 11.9 Å². The van der Waals surface area contributed by atoms with E-state index < -0.39 is 22.8 Å². The van der Waals surface area contributed by atoms with Gasteiger partial charge in [0, 0.05) is 0 Å². The second-order valence-corrected chi connectivity index (χ2v) is 4.01. The number of aliphatic hydroxyl groups is 2. The Morgan fingerprint density at radius 1 is 0.857 bits per heavy atom. The van der Waals surface area contributed by atoms with Gasteiger partial charge in [0.15, 0.2) is 0 Å². The van der Waals surface area contributed by atoms with Gasteiger partial charge in [0.05, 0.1) is 0 Å². The molecule has 10 N–H and O–H groups in total. The summed E-state index contributed by atoms with van der Waals surface area (Å²) >= 11 is 0. The normalized spacial score (nSPS) is 13.0. The van der Waals surface area contributed by atoms with E-state index in [1.165, 1.54) is 0 Å². The maximum atomic E-state index is 9.97. The lowest BCUT2D eigenvalue weighted by molar-refractivity contribution is -0.142. The summed E-state index contributed by atoms with van der Waals surface area (Å²) in [6.07, 6.45) is 0. The van der Waals surface area contributed by atoms with Crippen LogP contribution >= 0.6 is 21.6 Å². The highest BCUT2D eigenvalue weighted by Crippen LogP contribution is 2.28. The standard InChI is InChI=1S/C4H6O6S2.2H3N/c5-1(6)3(9)11-12-4(10)2(7)8;;/h3-4,9-10H,(H,5,6)(H,7,8);2*1H3. The summed E-state index contributed by atoms with van der Waals surface area (Å²) < 4.78 is 0. The van der Waals surface area contributed by atoms with Crippen molar-refractivity contribution in [3.8, 4) is 0 Å². The summed E-state index contributed by atoms with van der Waals surface area (Å²) in [6, 6.07) is 0. The maximum absolute atomic E-state index is 9.97. The summed E-state index contributed by atoms with van der Waals surface area (Å²) in [5, 5.41) is 33.4. The van der Waals surface area contributed by atoms with Crippen molar-refractivity contribution in [1.82, 2.24) is 12.3 Å². The third-order valence-corrected chi connectivity index (χ3v) is 2.97. The SMILES string of the molecule is N.N.O=C(O)C(O)SSC(O)C(=O)O. The number of carbonyl (C=O) groups is 2. The molecule has 0 fully saturated rings. The average molecular weight is 248 g/mol. The molecule has 0 rings (SSSR count). The summed E-state index contributed by atoms with van der Waals surface area (Å²) in [5.74, 6) is -2.96. The zero-order valence-electron chi connectivity index (χ0n) is 6.99. The summed E-state index contributed by atoms with van der Waals surface area (Å²) in [6.45, 7) is 0. The molecule has 2 atom stereocenters. The molecule has 86 valence electrons. The van der Waals surface area contributed by atoms with E-state index in [0.29, 0.717) is 21.6 Å². The molecule has 0 amide bonds. The number of hydrogen-bond acceptors (Lipinski definition) is 8. The molecule has 0 saturated carbocycles. The average Bonchev–Trinajstić information content (AvgIpc) is 1.98. The molecule has 0 aliphatic rings. The highest BCUT2D eigenvalue weighted by atomic mass is 33.1. The predicted octanol–water partition coefficient (Wildman–Crippen LogP) is -0.502. The third-order valence-electron chi connectivity index (χ3n) is 0.660. The van der Waals surface area contributed by atoms with Crippen LogP contribution in [-0.2, 0) is 9.59 Å². The van der Waals surface area contributed by atoms with Gasteiger partial charge in [-0.15, -0.1) is 0 Å². The van der Waals surface area contributed by atoms with E-state index in [9.17, 15) is 9.59 Å². The van der Waals surface area contributed by atoms with Crippen molar-refractivity contribution in [3.05, 3.63) is 0 Å². The van der Waals surface area contributed by atoms with Crippen molar-refractivity contribution >= 4 is 33.5 Å². The molecule has 14 heavy (non-hydrogen) atoms. The molecule has 0 bridgehead atoms. The van der Waals surface area contributed by atoms with Gasteiger partial charge in [-0.3, -0.25) is 0 Å². The minimum absolute atomic E-state index is 0. The number of hydrogen-bond donors (Lipinski definition) is 6. The first-order valence-electron chi connectivity index (χ1n) is 2.59. The van der Waals surface area contributed by atoms with Crippen LogP contribution in [0, 0.1) is 0 Å². The van der Waals surface area contributed by atoms with Crippen LogP contribution < -0.4 is 12.3 Å². The quantitative estimate of drug-likeness (QED) is 0.273. The van der Waals surface area contributed by atoms with E-state index >= 15 is 0 Å². The molecule has 0 radical (unpaired) electrons. The van der Waals surface area contributed by atoms with Crippen LogP contribution in [0.5, 0.6) is 0 Å². The fourth-order valence-corrected chi connectivity index (χ4v) is 1.69. The molecule has 0 heterocycles. The zero-order valence-corrected chi connectivity index (χ0v) is 8.62. The molecule has 0 aromatic rings. The van der Waals surface area contributed by atoms with Gasteiger partial charge in [0.25, 0.3) is 0 Å². The van der Waals surface area contributed by atoms with Crippen molar-refractivity contribution in [3.63, 3.8) is 0 Å². The molecule has 0 aliphatic heterocycles. The van der Waals surface area contributed by atoms with Crippen molar-refractivity contribution in [2.45, 2.75) is 10.9 Å². The van der Waals surface area contributed by atoms with Gasteiger partial charge in [-0.05, 0) is 21.6 Å². The fraction of sp³-hybridized carbons (Fsp3) is 0.500. The fourth-order valence-electron chi connectivity index (χ4n) is 0.188. The highest BCUT2D eigenvalue weighted by Gasteiger charge is 2.20. The Bertz CT molecular complexity index is 171. The molecule has 0 aromatic heterocycles. The predicted molar refractivity (Wildman–Crippen MR) is 52.5 cm³/mol. The Kier molecular flexibility index (Phi) is 12.4. The van der Waals surface area contributed by atoms with E-state index in [0.717, 1.165) is 0 Å². The van der Waals surface area contributed by atoms with Crippen molar-refractivity contribution in [2.24, 2.45) is 0 Å².